The first-order valence-corrected chi connectivity index (χ1v) is 6.09. The van der Waals surface area contributed by atoms with Crippen LogP contribution >= 0.6 is 11.6 Å². The van der Waals surface area contributed by atoms with Gasteiger partial charge >= 0.3 is 6.03 Å². The number of halogens is 1. The maximum Gasteiger partial charge on any atom is 0.323 e. The molecule has 0 saturated heterocycles. The van der Waals surface area contributed by atoms with Crippen LogP contribution in [0.25, 0.3) is 0 Å². The fourth-order valence-electron chi connectivity index (χ4n) is 1.55. The number of hydrogen-bond acceptors (Lipinski definition) is 3. The van der Waals surface area contributed by atoms with Crippen LogP contribution in [0.15, 0.2) is 42.5 Å². The number of benzene rings is 2. The molecule has 2 aromatic rings. The molecule has 0 bridgehead atoms. The maximum absolute atomic E-state index is 11.8. The number of nitrogens with two attached hydrogens (primary N) is 1. The minimum atomic E-state index is -0.429. The van der Waals surface area contributed by atoms with Crippen LogP contribution in [0.4, 0.5) is 21.9 Å². The fraction of sp³-hybridized carbons (Fsp3) is 0. The lowest BCUT2D eigenvalue weighted by Gasteiger charge is -2.09. The summed E-state index contributed by atoms with van der Waals surface area (Å²) in [5, 5.41) is 14.3. The van der Waals surface area contributed by atoms with E-state index in [1.165, 1.54) is 0 Å². The Kier molecular flexibility index (Phi) is 4.08. The van der Waals surface area contributed by atoms with Gasteiger partial charge in [0, 0.05) is 11.4 Å². The molecule has 0 unspecified atom stereocenters. The van der Waals surface area contributed by atoms with Crippen LogP contribution in [0.2, 0.25) is 5.02 Å². The molecule has 20 heavy (non-hydrogen) atoms. The first-order valence-electron chi connectivity index (χ1n) is 5.71. The van der Waals surface area contributed by atoms with Crippen LogP contribution in [-0.4, -0.2) is 6.03 Å². The predicted molar refractivity (Wildman–Crippen MR) is 79.7 cm³/mol. The van der Waals surface area contributed by atoms with Crippen molar-refractivity contribution in [3.63, 3.8) is 0 Å². The van der Waals surface area contributed by atoms with Crippen molar-refractivity contribution in [3.05, 3.63) is 53.1 Å². The van der Waals surface area contributed by atoms with Crippen LogP contribution in [0, 0.1) is 11.3 Å². The van der Waals surface area contributed by atoms with Gasteiger partial charge < -0.3 is 16.4 Å². The van der Waals surface area contributed by atoms with Crippen molar-refractivity contribution in [2.24, 2.45) is 0 Å². The molecule has 0 aliphatic carbocycles. The Morgan fingerprint density at radius 2 is 1.85 bits per heavy atom. The lowest BCUT2D eigenvalue weighted by Crippen LogP contribution is -2.19. The van der Waals surface area contributed by atoms with E-state index in [9.17, 15) is 4.79 Å². The normalized spacial score (nSPS) is 9.60. The zero-order valence-corrected chi connectivity index (χ0v) is 11.1. The molecule has 100 valence electrons. The molecule has 2 aromatic carbocycles. The summed E-state index contributed by atoms with van der Waals surface area (Å²) >= 11 is 5.96. The molecule has 0 spiro atoms. The first-order chi connectivity index (χ1) is 9.58. The molecule has 5 nitrogen and oxygen atoms in total. The highest BCUT2D eigenvalue weighted by atomic mass is 35.5. The van der Waals surface area contributed by atoms with Gasteiger partial charge in [-0.2, -0.15) is 5.26 Å². The quantitative estimate of drug-likeness (QED) is 0.739. The van der Waals surface area contributed by atoms with E-state index in [0.717, 1.165) is 0 Å². The standard InChI is InChI=1S/C14H11ClN4O/c15-12-7-10(17)3-6-13(12)19-14(20)18-11-4-1-9(8-16)2-5-11/h1-7H,17H2,(H2,18,19,20). The van der Waals surface area contributed by atoms with E-state index in [2.05, 4.69) is 10.6 Å². The number of nitriles is 1. The number of nitrogen functional groups attached to an aromatic ring is 1. The minimum Gasteiger partial charge on any atom is -0.399 e. The number of anilines is 3. The van der Waals surface area contributed by atoms with Crippen molar-refractivity contribution in [1.29, 1.82) is 5.26 Å². The van der Waals surface area contributed by atoms with Gasteiger partial charge in [0.15, 0.2) is 0 Å². The molecule has 2 amide bonds. The maximum atomic E-state index is 11.8. The third kappa shape index (κ3) is 3.40. The summed E-state index contributed by atoms with van der Waals surface area (Å²) < 4.78 is 0. The van der Waals surface area contributed by atoms with E-state index in [0.29, 0.717) is 27.6 Å². The number of nitrogens with one attached hydrogen (secondary N) is 2. The molecule has 0 aromatic heterocycles. The predicted octanol–water partition coefficient (Wildman–Crippen LogP) is 3.44. The monoisotopic (exact) mass is 286 g/mol. The molecule has 0 saturated carbocycles. The van der Waals surface area contributed by atoms with Crippen molar-refractivity contribution in [2.75, 3.05) is 16.4 Å². The SMILES string of the molecule is N#Cc1ccc(NC(=O)Nc2ccc(N)cc2Cl)cc1. The summed E-state index contributed by atoms with van der Waals surface area (Å²) in [4.78, 5) is 11.8. The van der Waals surface area contributed by atoms with Gasteiger partial charge in [-0.25, -0.2) is 4.79 Å². The van der Waals surface area contributed by atoms with E-state index in [1.54, 1.807) is 42.5 Å². The van der Waals surface area contributed by atoms with Crippen molar-refractivity contribution < 1.29 is 4.79 Å². The molecule has 0 aliphatic heterocycles. The molecule has 0 fully saturated rings. The smallest absolute Gasteiger partial charge is 0.323 e. The van der Waals surface area contributed by atoms with Gasteiger partial charge in [-0.1, -0.05) is 11.6 Å². The number of hydrogen-bond donors (Lipinski definition) is 3. The summed E-state index contributed by atoms with van der Waals surface area (Å²) in [6.07, 6.45) is 0. The van der Waals surface area contributed by atoms with Crippen molar-refractivity contribution >= 4 is 34.7 Å². The van der Waals surface area contributed by atoms with Crippen LogP contribution < -0.4 is 16.4 Å². The number of urea groups is 1. The van der Waals surface area contributed by atoms with Crippen molar-refractivity contribution in [1.82, 2.24) is 0 Å². The Hall–Kier alpha value is -2.71. The van der Waals surface area contributed by atoms with Crippen LogP contribution in [0.1, 0.15) is 5.56 Å². The topological polar surface area (TPSA) is 90.9 Å². The van der Waals surface area contributed by atoms with E-state index >= 15 is 0 Å². The Morgan fingerprint density at radius 3 is 2.45 bits per heavy atom. The average molecular weight is 287 g/mol. The summed E-state index contributed by atoms with van der Waals surface area (Å²) in [7, 11) is 0. The van der Waals surface area contributed by atoms with Crippen LogP contribution in [0.3, 0.4) is 0 Å². The Bertz CT molecular complexity index is 677. The second-order valence-corrected chi connectivity index (χ2v) is 4.41. The van der Waals surface area contributed by atoms with Gasteiger partial charge in [-0.05, 0) is 42.5 Å². The molecular formula is C14H11ClN4O. The second-order valence-electron chi connectivity index (χ2n) is 4.01. The molecule has 0 aliphatic rings. The molecule has 0 heterocycles. The van der Waals surface area contributed by atoms with Gasteiger partial charge in [-0.15, -0.1) is 0 Å². The second kappa shape index (κ2) is 5.95. The highest BCUT2D eigenvalue weighted by Gasteiger charge is 2.06. The van der Waals surface area contributed by atoms with Crippen molar-refractivity contribution in [3.8, 4) is 6.07 Å². The number of rotatable bonds is 2. The fourth-order valence-corrected chi connectivity index (χ4v) is 1.78. The van der Waals surface area contributed by atoms with Gasteiger partial charge in [0.25, 0.3) is 0 Å². The third-order valence-electron chi connectivity index (χ3n) is 2.51. The summed E-state index contributed by atoms with van der Waals surface area (Å²) in [5.74, 6) is 0. The highest BCUT2D eigenvalue weighted by Crippen LogP contribution is 2.24. The zero-order chi connectivity index (χ0) is 14.5. The zero-order valence-electron chi connectivity index (χ0n) is 10.4. The molecule has 4 N–H and O–H groups in total. The van der Waals surface area contributed by atoms with Gasteiger partial charge in [0.2, 0.25) is 0 Å². The van der Waals surface area contributed by atoms with E-state index in [1.807, 2.05) is 6.07 Å². The first kappa shape index (κ1) is 13.7. The van der Waals surface area contributed by atoms with Crippen molar-refractivity contribution in [2.45, 2.75) is 0 Å². The highest BCUT2D eigenvalue weighted by molar-refractivity contribution is 6.34. The Balaban J connectivity index is 2.03. The lowest BCUT2D eigenvalue weighted by atomic mass is 10.2. The minimum absolute atomic E-state index is 0.361. The largest absolute Gasteiger partial charge is 0.399 e. The molecular weight excluding hydrogens is 276 g/mol. The van der Waals surface area contributed by atoms with Gasteiger partial charge in [-0.3, -0.25) is 0 Å². The molecule has 6 heteroatoms. The molecule has 0 radical (unpaired) electrons. The van der Waals surface area contributed by atoms with Crippen LogP contribution in [0.5, 0.6) is 0 Å². The van der Waals surface area contributed by atoms with Crippen LogP contribution in [-0.2, 0) is 0 Å². The van der Waals surface area contributed by atoms with E-state index in [-0.39, 0.29) is 0 Å². The number of amides is 2. The van der Waals surface area contributed by atoms with E-state index in [4.69, 9.17) is 22.6 Å². The molecule has 0 atom stereocenters. The lowest BCUT2D eigenvalue weighted by molar-refractivity contribution is 0.262. The number of carbonyl (C=O) groups is 1. The number of nitrogens with zero attached hydrogens (tertiary/aromatic N) is 1. The summed E-state index contributed by atoms with van der Waals surface area (Å²) in [5.41, 5.74) is 7.66. The van der Waals surface area contributed by atoms with E-state index < -0.39 is 6.03 Å². The average Bonchev–Trinajstić information content (AvgIpc) is 2.43. The van der Waals surface area contributed by atoms with Gasteiger partial charge in [0.05, 0.1) is 22.3 Å². The number of carbonyl (C=O) groups excluding carboxylic acids is 1. The van der Waals surface area contributed by atoms with Gasteiger partial charge in [0.1, 0.15) is 0 Å². The summed E-state index contributed by atoms with van der Waals surface area (Å²) in [6, 6.07) is 12.9. The summed E-state index contributed by atoms with van der Waals surface area (Å²) in [6.45, 7) is 0. The third-order valence-corrected chi connectivity index (χ3v) is 2.83. The Labute approximate surface area is 121 Å². The molecule has 2 rings (SSSR count). The Morgan fingerprint density at radius 1 is 1.15 bits per heavy atom.